The maximum Gasteiger partial charge on any atom is 0.101 e. The zero-order chi connectivity index (χ0) is 16.6. The molecule has 1 N–H and O–H groups in total. The van der Waals surface area contributed by atoms with Crippen LogP contribution in [0.25, 0.3) is 6.08 Å². The summed E-state index contributed by atoms with van der Waals surface area (Å²) in [5, 5.41) is 19.1. The molecule has 1 heterocycles. The smallest absolute Gasteiger partial charge is 0.101 e. The Morgan fingerprint density at radius 2 is 2.09 bits per heavy atom. The van der Waals surface area contributed by atoms with Crippen molar-refractivity contribution in [1.29, 1.82) is 10.7 Å². The first-order valence-corrected chi connectivity index (χ1v) is 8.96. The topological polar surface area (TPSA) is 47.6 Å². The molecule has 2 nitrogen and oxygen atoms in total. The number of hydrogen-bond donors (Lipinski definition) is 1. The van der Waals surface area contributed by atoms with Gasteiger partial charge in [0.2, 0.25) is 0 Å². The SMILES string of the molecule is CC1(C)CC(/C=C/c2ccccc2Cl)=C[C@H]2C(C#N)C(=N)S[C@@H]21. The maximum atomic E-state index is 9.41. The molecule has 2 aliphatic rings. The van der Waals surface area contributed by atoms with Crippen LogP contribution in [-0.4, -0.2) is 10.3 Å². The average molecular weight is 343 g/mol. The van der Waals surface area contributed by atoms with E-state index >= 15 is 0 Å². The molecule has 0 aromatic heterocycles. The monoisotopic (exact) mass is 342 g/mol. The van der Waals surface area contributed by atoms with Crippen LogP contribution in [0.2, 0.25) is 5.02 Å². The molecule has 0 bridgehead atoms. The van der Waals surface area contributed by atoms with Crippen LogP contribution >= 0.6 is 23.4 Å². The van der Waals surface area contributed by atoms with Crippen molar-refractivity contribution in [1.82, 2.24) is 0 Å². The minimum Gasteiger partial charge on any atom is -0.297 e. The normalized spacial score (nSPS) is 29.2. The molecule has 1 fully saturated rings. The van der Waals surface area contributed by atoms with Crippen LogP contribution in [0.5, 0.6) is 0 Å². The van der Waals surface area contributed by atoms with Crippen LogP contribution in [0.4, 0.5) is 0 Å². The van der Waals surface area contributed by atoms with E-state index in [0.29, 0.717) is 10.3 Å². The molecular formula is C19H19ClN2S. The molecule has 1 unspecified atom stereocenters. The molecule has 0 radical (unpaired) electrons. The summed E-state index contributed by atoms with van der Waals surface area (Å²) in [5.74, 6) is -0.166. The number of nitrogens with zero attached hydrogens (tertiary/aromatic N) is 1. The van der Waals surface area contributed by atoms with Gasteiger partial charge < -0.3 is 0 Å². The molecule has 118 valence electrons. The number of rotatable bonds is 2. The van der Waals surface area contributed by atoms with Crippen LogP contribution in [0.3, 0.4) is 0 Å². The summed E-state index contributed by atoms with van der Waals surface area (Å²) >= 11 is 7.79. The van der Waals surface area contributed by atoms with E-state index in [2.05, 4.69) is 32.1 Å². The van der Waals surface area contributed by atoms with E-state index in [9.17, 15) is 5.26 Å². The van der Waals surface area contributed by atoms with Crippen LogP contribution in [0.15, 0.2) is 42.0 Å². The molecule has 1 aliphatic heterocycles. The van der Waals surface area contributed by atoms with Gasteiger partial charge in [0.25, 0.3) is 0 Å². The van der Waals surface area contributed by atoms with Gasteiger partial charge in [0, 0.05) is 16.2 Å². The van der Waals surface area contributed by atoms with Crippen LogP contribution in [-0.2, 0) is 0 Å². The Hall–Kier alpha value is -1.50. The Bertz CT molecular complexity index is 742. The average Bonchev–Trinajstić information content (AvgIpc) is 2.82. The second kappa shape index (κ2) is 6.19. The summed E-state index contributed by atoms with van der Waals surface area (Å²) in [6.45, 7) is 4.47. The minimum atomic E-state index is -0.298. The van der Waals surface area contributed by atoms with Crippen molar-refractivity contribution in [2.24, 2.45) is 17.3 Å². The predicted octanol–water partition coefficient (Wildman–Crippen LogP) is 5.56. The lowest BCUT2D eigenvalue weighted by atomic mass is 9.69. The van der Waals surface area contributed by atoms with Crippen LogP contribution in [0.1, 0.15) is 25.8 Å². The number of halogens is 1. The molecule has 0 amide bonds. The predicted molar refractivity (Wildman–Crippen MR) is 98.7 cm³/mol. The number of allylic oxidation sites excluding steroid dienone is 3. The van der Waals surface area contributed by atoms with E-state index in [0.717, 1.165) is 17.0 Å². The lowest BCUT2D eigenvalue weighted by molar-refractivity contribution is 0.284. The van der Waals surface area contributed by atoms with Crippen LogP contribution in [0, 0.1) is 34.0 Å². The molecule has 23 heavy (non-hydrogen) atoms. The number of benzene rings is 1. The fourth-order valence-electron chi connectivity index (χ4n) is 3.50. The van der Waals surface area contributed by atoms with E-state index in [-0.39, 0.29) is 17.3 Å². The van der Waals surface area contributed by atoms with Gasteiger partial charge in [0.1, 0.15) is 5.92 Å². The standard InChI is InChI=1S/C19H19ClN2S/c1-19(2)10-12(7-8-13-5-3-4-6-16(13)20)9-14-15(11-21)18(22)23-17(14)19/h3-9,14-15,17,22H,10H2,1-2H3/b8-7+,22-18?/t14-,15?,17-/m0/s1. The lowest BCUT2D eigenvalue weighted by Gasteiger charge is -2.38. The fourth-order valence-corrected chi connectivity index (χ4v) is 5.13. The Morgan fingerprint density at radius 3 is 2.78 bits per heavy atom. The van der Waals surface area contributed by atoms with Crippen molar-refractivity contribution >= 4 is 34.5 Å². The zero-order valence-corrected chi connectivity index (χ0v) is 14.8. The van der Waals surface area contributed by atoms with Crippen LogP contribution < -0.4 is 0 Å². The highest BCUT2D eigenvalue weighted by molar-refractivity contribution is 8.14. The lowest BCUT2D eigenvalue weighted by Crippen LogP contribution is -2.35. The Labute approximate surface area is 146 Å². The van der Waals surface area contributed by atoms with Crippen molar-refractivity contribution in [3.8, 4) is 6.07 Å². The van der Waals surface area contributed by atoms with Gasteiger partial charge in [-0.2, -0.15) is 5.26 Å². The largest absolute Gasteiger partial charge is 0.297 e. The summed E-state index contributed by atoms with van der Waals surface area (Å²) in [6, 6.07) is 10.1. The van der Waals surface area contributed by atoms with Crippen molar-refractivity contribution in [2.75, 3.05) is 0 Å². The maximum absolute atomic E-state index is 9.41. The quantitative estimate of drug-likeness (QED) is 0.765. The summed E-state index contributed by atoms with van der Waals surface area (Å²) < 4.78 is 0. The summed E-state index contributed by atoms with van der Waals surface area (Å²) in [6.07, 6.45) is 7.30. The third-order valence-electron chi connectivity index (χ3n) is 4.63. The minimum absolute atomic E-state index is 0.0716. The van der Waals surface area contributed by atoms with Crippen molar-refractivity contribution in [3.05, 3.63) is 52.6 Å². The van der Waals surface area contributed by atoms with Gasteiger partial charge in [-0.05, 0) is 23.5 Å². The zero-order valence-electron chi connectivity index (χ0n) is 13.2. The molecule has 0 spiro atoms. The second-order valence-corrected chi connectivity index (χ2v) is 8.44. The third-order valence-corrected chi connectivity index (χ3v) is 6.69. The molecule has 3 atom stereocenters. The van der Waals surface area contributed by atoms with Gasteiger partial charge in [-0.3, -0.25) is 5.41 Å². The molecule has 1 saturated heterocycles. The highest BCUT2D eigenvalue weighted by atomic mass is 35.5. The van der Waals surface area contributed by atoms with E-state index in [1.807, 2.05) is 30.3 Å². The number of hydrogen-bond acceptors (Lipinski definition) is 3. The Kier molecular flexibility index (Phi) is 4.40. The molecular weight excluding hydrogens is 324 g/mol. The molecule has 1 aromatic rings. The van der Waals surface area contributed by atoms with Gasteiger partial charge in [0.15, 0.2) is 0 Å². The Balaban J connectivity index is 1.92. The van der Waals surface area contributed by atoms with Gasteiger partial charge in [0.05, 0.1) is 11.1 Å². The highest BCUT2D eigenvalue weighted by Crippen LogP contribution is 2.53. The first-order valence-electron chi connectivity index (χ1n) is 7.70. The van der Waals surface area contributed by atoms with Gasteiger partial charge in [-0.25, -0.2) is 0 Å². The molecule has 4 heteroatoms. The number of nitriles is 1. The summed E-state index contributed by atoms with van der Waals surface area (Å²) in [5.41, 5.74) is 2.30. The van der Waals surface area contributed by atoms with E-state index < -0.39 is 0 Å². The number of nitrogens with one attached hydrogen (secondary N) is 1. The van der Waals surface area contributed by atoms with Crippen molar-refractivity contribution in [2.45, 2.75) is 25.5 Å². The Morgan fingerprint density at radius 1 is 1.35 bits per heavy atom. The van der Waals surface area contributed by atoms with Gasteiger partial charge >= 0.3 is 0 Å². The molecule has 0 saturated carbocycles. The van der Waals surface area contributed by atoms with Gasteiger partial charge in [-0.1, -0.05) is 67.4 Å². The molecule has 3 rings (SSSR count). The summed E-state index contributed by atoms with van der Waals surface area (Å²) in [4.78, 5) is 0. The van der Waals surface area contributed by atoms with E-state index in [1.54, 1.807) is 11.8 Å². The first-order chi connectivity index (χ1) is 10.9. The highest BCUT2D eigenvalue weighted by Gasteiger charge is 2.49. The van der Waals surface area contributed by atoms with Gasteiger partial charge in [-0.15, -0.1) is 11.8 Å². The van der Waals surface area contributed by atoms with Crippen molar-refractivity contribution in [3.63, 3.8) is 0 Å². The third kappa shape index (κ3) is 3.11. The summed E-state index contributed by atoms with van der Waals surface area (Å²) in [7, 11) is 0. The first kappa shape index (κ1) is 16.4. The number of thioether (sulfide) groups is 1. The molecule has 1 aromatic carbocycles. The molecule has 1 aliphatic carbocycles. The van der Waals surface area contributed by atoms with E-state index in [4.69, 9.17) is 17.0 Å². The fraction of sp³-hybridized carbons (Fsp3) is 0.368. The van der Waals surface area contributed by atoms with Crippen molar-refractivity contribution < 1.29 is 0 Å². The van der Waals surface area contributed by atoms with E-state index in [1.165, 1.54) is 5.57 Å². The second-order valence-electron chi connectivity index (χ2n) is 6.85. The number of fused-ring (bicyclic) bond motifs is 1.